The maximum Gasteiger partial charge on any atom is 0.249 e. The van der Waals surface area contributed by atoms with Gasteiger partial charge in [-0.05, 0) is 133 Å². The molecule has 64 heavy (non-hydrogen) atoms. The summed E-state index contributed by atoms with van der Waals surface area (Å²) in [7, 11) is 0. The summed E-state index contributed by atoms with van der Waals surface area (Å²) in [5, 5.41) is 28.0. The molecule has 1 aromatic carbocycles. The molecule has 0 bridgehead atoms. The first-order chi connectivity index (χ1) is 31.0. The Labute approximate surface area is 373 Å². The first-order valence-corrected chi connectivity index (χ1v) is 23.1. The van der Waals surface area contributed by atoms with Crippen LogP contribution in [0.3, 0.4) is 0 Å². The Morgan fingerprint density at radius 3 is 2.34 bits per heavy atom. The number of aromatic nitrogens is 5. The Morgan fingerprint density at radius 1 is 0.906 bits per heavy atom. The Kier molecular flexibility index (Phi) is 12.2. The van der Waals surface area contributed by atoms with Gasteiger partial charge >= 0.3 is 0 Å². The van der Waals surface area contributed by atoms with Gasteiger partial charge in [0.2, 0.25) is 17.7 Å². The zero-order valence-corrected chi connectivity index (χ0v) is 37.0. The van der Waals surface area contributed by atoms with Gasteiger partial charge in [-0.15, -0.1) is 0 Å². The van der Waals surface area contributed by atoms with E-state index in [2.05, 4.69) is 66.9 Å². The standard InChI is InChI=1S/C49H58FN11O3/c1-4-49(48(64)55-31(2)3)17-21-59(22-18-49)44-13-5-33(26-52-44)41-23-34(29-61-46(41)35(25-51)27-54-61)36-28-53-60(30-36)39-9-7-38(8-10-39)58-19-15-32(16-20-58)40-11-6-37(24-42(40)50)56-43-12-14-45(62)57-47(43)63/h5-6,11,13,23-24,26-32,38-39,43,56H,4,7-10,12,14-22H2,1-3H3,(H,55,64)(H,57,62,63). The van der Waals surface area contributed by atoms with Gasteiger partial charge in [0.25, 0.3) is 0 Å². The van der Waals surface area contributed by atoms with Crippen LogP contribution < -0.4 is 20.9 Å². The van der Waals surface area contributed by atoms with E-state index in [0.29, 0.717) is 29.8 Å². The number of hydrogen-bond acceptors (Lipinski definition) is 10. The van der Waals surface area contributed by atoms with Gasteiger partial charge in [0.1, 0.15) is 23.7 Å². The summed E-state index contributed by atoms with van der Waals surface area (Å²) in [5.74, 6) is 0.280. The van der Waals surface area contributed by atoms with Crippen molar-refractivity contribution in [3.63, 3.8) is 0 Å². The fraction of sp³-hybridized carbons (Fsp3) is 0.490. The van der Waals surface area contributed by atoms with E-state index >= 15 is 4.39 Å². The van der Waals surface area contributed by atoms with Gasteiger partial charge in [-0.2, -0.15) is 15.5 Å². The van der Waals surface area contributed by atoms with Crippen molar-refractivity contribution in [2.24, 2.45) is 5.41 Å². The molecule has 7 heterocycles. The summed E-state index contributed by atoms with van der Waals surface area (Å²) in [5.41, 5.74) is 5.85. The SMILES string of the molecule is CCC1(C(=O)NC(C)C)CCN(c2ccc(-c3cc(-c4cnn(C5CCC(N6CCC(c7ccc(NC8CCC(=O)NC8=O)cc7F)CC6)CC5)c4)cn4ncc(C#N)c34)cn2)CC1. The van der Waals surface area contributed by atoms with Crippen LogP contribution >= 0.6 is 0 Å². The third kappa shape index (κ3) is 8.72. The molecule has 3 aliphatic heterocycles. The number of anilines is 2. The lowest BCUT2D eigenvalue weighted by atomic mass is 9.75. The number of benzene rings is 1. The van der Waals surface area contributed by atoms with Crippen LogP contribution in [-0.4, -0.2) is 91.3 Å². The highest BCUT2D eigenvalue weighted by molar-refractivity contribution is 6.01. The zero-order chi connectivity index (χ0) is 44.5. The number of likely N-dealkylation sites (tertiary alicyclic amines) is 1. The normalized spacial score (nSPS) is 22.1. The van der Waals surface area contributed by atoms with E-state index in [4.69, 9.17) is 10.1 Å². The largest absolute Gasteiger partial charge is 0.374 e. The molecule has 1 aliphatic carbocycles. The number of nitrogens with zero attached hydrogens (tertiary/aromatic N) is 8. The highest BCUT2D eigenvalue weighted by atomic mass is 19.1. The molecule has 1 saturated carbocycles. The Hall–Kier alpha value is -6.14. The molecule has 0 spiro atoms. The minimum absolute atomic E-state index is 0.114. The average Bonchev–Trinajstić information content (AvgIpc) is 3.98. The lowest BCUT2D eigenvalue weighted by Gasteiger charge is -2.41. The van der Waals surface area contributed by atoms with Crippen molar-refractivity contribution in [2.75, 3.05) is 36.4 Å². The monoisotopic (exact) mass is 867 g/mol. The van der Waals surface area contributed by atoms with Gasteiger partial charge in [0.05, 0.1) is 34.9 Å². The van der Waals surface area contributed by atoms with E-state index in [-0.39, 0.29) is 47.3 Å². The summed E-state index contributed by atoms with van der Waals surface area (Å²) in [6.07, 6.45) is 18.5. The van der Waals surface area contributed by atoms with Crippen LogP contribution in [0.15, 0.2) is 67.4 Å². The van der Waals surface area contributed by atoms with E-state index in [0.717, 1.165) is 123 Å². The number of fused-ring (bicyclic) bond motifs is 1. The van der Waals surface area contributed by atoms with E-state index in [1.165, 1.54) is 6.07 Å². The van der Waals surface area contributed by atoms with Crippen LogP contribution in [0.4, 0.5) is 15.9 Å². The van der Waals surface area contributed by atoms with Gasteiger partial charge in [-0.3, -0.25) is 24.4 Å². The maximum absolute atomic E-state index is 15.4. The van der Waals surface area contributed by atoms with Crippen molar-refractivity contribution >= 4 is 34.7 Å². The number of hydrogen-bond donors (Lipinski definition) is 3. The number of pyridine rings is 2. The van der Waals surface area contributed by atoms with E-state index < -0.39 is 6.04 Å². The second kappa shape index (κ2) is 18.2. The maximum atomic E-state index is 15.4. The predicted molar refractivity (Wildman–Crippen MR) is 243 cm³/mol. The summed E-state index contributed by atoms with van der Waals surface area (Å²) in [4.78, 5) is 46.5. The van der Waals surface area contributed by atoms with Crippen molar-refractivity contribution in [3.8, 4) is 28.3 Å². The van der Waals surface area contributed by atoms with E-state index in [1.54, 1.807) is 10.7 Å². The molecule has 4 aliphatic rings. The molecule has 15 heteroatoms. The van der Waals surface area contributed by atoms with Crippen molar-refractivity contribution < 1.29 is 18.8 Å². The van der Waals surface area contributed by atoms with Gasteiger partial charge in [0.15, 0.2) is 0 Å². The fourth-order valence-electron chi connectivity index (χ4n) is 10.6. The number of rotatable bonds is 11. The Balaban J connectivity index is 0.816. The minimum atomic E-state index is -0.544. The first-order valence-electron chi connectivity index (χ1n) is 23.1. The van der Waals surface area contributed by atoms with Gasteiger partial charge in [-0.1, -0.05) is 13.0 Å². The van der Waals surface area contributed by atoms with Crippen molar-refractivity contribution in [2.45, 2.75) is 121 Å². The predicted octanol–water partition coefficient (Wildman–Crippen LogP) is 7.37. The second-order valence-corrected chi connectivity index (χ2v) is 18.6. The summed E-state index contributed by atoms with van der Waals surface area (Å²) in [6, 6.07) is 14.1. The lowest BCUT2D eigenvalue weighted by molar-refractivity contribution is -0.134. The van der Waals surface area contributed by atoms with Crippen LogP contribution in [0, 0.1) is 22.6 Å². The number of carbonyl (C=O) groups is 3. The topological polar surface area (TPSA) is 166 Å². The number of halogens is 1. The van der Waals surface area contributed by atoms with Crippen molar-refractivity contribution in [1.29, 1.82) is 5.26 Å². The zero-order valence-electron chi connectivity index (χ0n) is 37.0. The molecule has 4 fully saturated rings. The first kappa shape index (κ1) is 43.1. The average molecular weight is 868 g/mol. The molecule has 5 aromatic rings. The number of piperidine rings is 3. The molecule has 1 unspecified atom stereocenters. The lowest BCUT2D eigenvalue weighted by Crippen LogP contribution is -2.50. The molecule has 9 rings (SSSR count). The van der Waals surface area contributed by atoms with Crippen LogP contribution in [-0.2, 0) is 14.4 Å². The summed E-state index contributed by atoms with van der Waals surface area (Å²) < 4.78 is 19.3. The summed E-state index contributed by atoms with van der Waals surface area (Å²) >= 11 is 0. The molecule has 1 atom stereocenters. The second-order valence-electron chi connectivity index (χ2n) is 18.6. The third-order valence-corrected chi connectivity index (χ3v) is 14.5. The molecule has 14 nitrogen and oxygen atoms in total. The number of nitrogens with one attached hydrogen (secondary N) is 3. The highest BCUT2D eigenvalue weighted by Gasteiger charge is 2.40. The van der Waals surface area contributed by atoms with Crippen LogP contribution in [0.5, 0.6) is 0 Å². The van der Waals surface area contributed by atoms with Crippen molar-refractivity contribution in [1.82, 2.24) is 39.9 Å². The van der Waals surface area contributed by atoms with E-state index in [9.17, 15) is 19.6 Å². The Morgan fingerprint density at radius 2 is 1.67 bits per heavy atom. The van der Waals surface area contributed by atoms with Gasteiger partial charge in [0, 0.05) is 78.1 Å². The molecular weight excluding hydrogens is 810 g/mol. The molecular formula is C49H58FN11O3. The quantitative estimate of drug-likeness (QED) is 0.114. The minimum Gasteiger partial charge on any atom is -0.374 e. The number of imide groups is 1. The van der Waals surface area contributed by atoms with Crippen LogP contribution in [0.1, 0.15) is 114 Å². The molecule has 0 radical (unpaired) electrons. The molecule has 3 N–H and O–H groups in total. The Bertz CT molecular complexity index is 2550. The number of nitriles is 1. The molecule has 4 aromatic heterocycles. The van der Waals surface area contributed by atoms with Crippen LogP contribution in [0.2, 0.25) is 0 Å². The third-order valence-electron chi connectivity index (χ3n) is 14.5. The fourth-order valence-corrected chi connectivity index (χ4v) is 10.6. The van der Waals surface area contributed by atoms with Crippen molar-refractivity contribution in [3.05, 3.63) is 84.3 Å². The van der Waals surface area contributed by atoms with Gasteiger partial charge in [-0.25, -0.2) is 13.9 Å². The number of amides is 3. The van der Waals surface area contributed by atoms with Crippen LogP contribution in [0.25, 0.3) is 27.8 Å². The number of carbonyl (C=O) groups excluding carboxylic acids is 3. The van der Waals surface area contributed by atoms with E-state index in [1.807, 2.05) is 50.6 Å². The molecule has 3 amide bonds. The summed E-state index contributed by atoms with van der Waals surface area (Å²) in [6.45, 7) is 9.49. The van der Waals surface area contributed by atoms with Gasteiger partial charge < -0.3 is 20.4 Å². The molecule has 3 saturated heterocycles. The molecule has 334 valence electrons. The smallest absolute Gasteiger partial charge is 0.249 e. The highest BCUT2D eigenvalue weighted by Crippen LogP contribution is 2.39.